The minimum Gasteiger partial charge on any atom is -0.505 e. The van der Waals surface area contributed by atoms with Gasteiger partial charge in [-0.25, -0.2) is 4.39 Å². The molecule has 1 aliphatic heterocycles. The van der Waals surface area contributed by atoms with Crippen LogP contribution in [0.5, 0.6) is 11.5 Å². The van der Waals surface area contributed by atoms with Gasteiger partial charge in [-0.3, -0.25) is 19.1 Å². The minimum atomic E-state index is -0.732. The van der Waals surface area contributed by atoms with Gasteiger partial charge in [-0.2, -0.15) is 0 Å². The Morgan fingerprint density at radius 2 is 2.10 bits per heavy atom. The number of hydrogen-bond donors (Lipinski definition) is 3. The predicted octanol–water partition coefficient (Wildman–Crippen LogP) is 0.945. The van der Waals surface area contributed by atoms with Crippen LogP contribution in [-0.4, -0.2) is 45.4 Å². The number of halogens is 1. The molecule has 0 fully saturated rings. The number of nitrogens with zero attached hydrogens (tertiary/aromatic N) is 2. The van der Waals surface area contributed by atoms with Crippen molar-refractivity contribution in [2.24, 2.45) is 0 Å². The largest absolute Gasteiger partial charge is 0.505 e. The first kappa shape index (κ1) is 18.9. The molecule has 1 aromatic carbocycles. The van der Waals surface area contributed by atoms with Crippen LogP contribution in [0, 0.1) is 5.82 Å². The van der Waals surface area contributed by atoms with Crippen molar-refractivity contribution < 1.29 is 24.1 Å². The van der Waals surface area contributed by atoms with Gasteiger partial charge in [0.2, 0.25) is 0 Å². The molecule has 0 saturated heterocycles. The first-order chi connectivity index (χ1) is 13.9. The summed E-state index contributed by atoms with van der Waals surface area (Å²) in [5.74, 6) is -1.32. The summed E-state index contributed by atoms with van der Waals surface area (Å²) < 4.78 is 20.4. The van der Waals surface area contributed by atoms with Crippen molar-refractivity contribution in [2.75, 3.05) is 13.7 Å². The summed E-state index contributed by atoms with van der Waals surface area (Å²) in [4.78, 5) is 29.3. The molecule has 9 heteroatoms. The average molecular weight is 399 g/mol. The van der Waals surface area contributed by atoms with Crippen LogP contribution in [0.4, 0.5) is 4.39 Å². The van der Waals surface area contributed by atoms with Crippen LogP contribution in [-0.2, 0) is 13.0 Å². The highest BCUT2D eigenvalue weighted by Gasteiger charge is 2.31. The Bertz CT molecular complexity index is 1170. The van der Waals surface area contributed by atoms with Gasteiger partial charge in [0.05, 0.1) is 13.2 Å². The summed E-state index contributed by atoms with van der Waals surface area (Å²) in [6, 6.07) is 5.92. The fourth-order valence-corrected chi connectivity index (χ4v) is 3.49. The zero-order chi connectivity index (χ0) is 20.7. The molecule has 3 aromatic rings. The van der Waals surface area contributed by atoms with Crippen LogP contribution in [0.25, 0.3) is 11.0 Å². The Labute approximate surface area is 164 Å². The van der Waals surface area contributed by atoms with Crippen LogP contribution in [0.2, 0.25) is 0 Å². The number of pyridine rings is 2. The van der Waals surface area contributed by atoms with E-state index in [-0.39, 0.29) is 30.0 Å². The summed E-state index contributed by atoms with van der Waals surface area (Å²) >= 11 is 0. The maximum atomic E-state index is 13.2. The quantitative estimate of drug-likeness (QED) is 0.602. The highest BCUT2D eigenvalue weighted by atomic mass is 19.1. The number of amides is 1. The van der Waals surface area contributed by atoms with Crippen LogP contribution >= 0.6 is 0 Å². The molecule has 3 heterocycles. The number of ether oxygens (including phenoxy) is 1. The summed E-state index contributed by atoms with van der Waals surface area (Å²) in [5.41, 5.74) is 0.587. The van der Waals surface area contributed by atoms with E-state index in [4.69, 9.17) is 4.74 Å². The molecule has 4 rings (SSSR count). The van der Waals surface area contributed by atoms with E-state index < -0.39 is 28.9 Å². The highest BCUT2D eigenvalue weighted by molar-refractivity contribution is 6.02. The van der Waals surface area contributed by atoms with Crippen molar-refractivity contribution in [3.63, 3.8) is 0 Å². The molecule has 1 unspecified atom stereocenters. The van der Waals surface area contributed by atoms with Gasteiger partial charge in [-0.1, -0.05) is 12.1 Å². The van der Waals surface area contributed by atoms with Gasteiger partial charge in [-0.15, -0.1) is 0 Å². The number of aliphatic hydroxyl groups is 1. The fourth-order valence-electron chi connectivity index (χ4n) is 3.49. The van der Waals surface area contributed by atoms with Crippen molar-refractivity contribution in [2.45, 2.75) is 19.1 Å². The van der Waals surface area contributed by atoms with Gasteiger partial charge >= 0.3 is 0 Å². The Balaban J connectivity index is 1.96. The summed E-state index contributed by atoms with van der Waals surface area (Å²) in [6.45, 7) is -0.341. The SMILES string of the molecule is CNC(=O)c1c(O)c2ncc(Cc3ccc(F)cc3)c3c2n(c1=O)CC(CO)O3. The Morgan fingerprint density at radius 3 is 2.76 bits per heavy atom. The summed E-state index contributed by atoms with van der Waals surface area (Å²) in [7, 11) is 1.35. The fraction of sp³-hybridized carbons (Fsp3) is 0.250. The van der Waals surface area contributed by atoms with Gasteiger partial charge in [0.25, 0.3) is 11.5 Å². The molecular formula is C20H18FN3O5. The summed E-state index contributed by atoms with van der Waals surface area (Å²) in [6.07, 6.45) is 1.10. The second kappa shape index (κ2) is 7.17. The third kappa shape index (κ3) is 3.09. The van der Waals surface area contributed by atoms with Crippen molar-refractivity contribution in [1.82, 2.24) is 14.9 Å². The Kier molecular flexibility index (Phi) is 4.67. The second-order valence-corrected chi connectivity index (χ2v) is 6.75. The number of hydrogen-bond acceptors (Lipinski definition) is 6. The zero-order valence-electron chi connectivity index (χ0n) is 15.5. The number of carbonyl (C=O) groups excluding carboxylic acids is 1. The van der Waals surface area contributed by atoms with Crippen molar-refractivity contribution in [3.05, 3.63) is 63.3 Å². The van der Waals surface area contributed by atoms with E-state index in [0.717, 1.165) is 5.56 Å². The Morgan fingerprint density at radius 1 is 1.38 bits per heavy atom. The lowest BCUT2D eigenvalue weighted by Crippen LogP contribution is -2.40. The molecule has 0 aliphatic carbocycles. The van der Waals surface area contributed by atoms with Crippen molar-refractivity contribution in [3.8, 4) is 11.5 Å². The van der Waals surface area contributed by atoms with E-state index in [9.17, 15) is 24.2 Å². The van der Waals surface area contributed by atoms with Crippen LogP contribution < -0.4 is 15.6 Å². The van der Waals surface area contributed by atoms with Crippen LogP contribution in [0.3, 0.4) is 0 Å². The third-order valence-electron chi connectivity index (χ3n) is 4.91. The number of benzene rings is 1. The van der Waals surface area contributed by atoms with E-state index >= 15 is 0 Å². The lowest BCUT2D eigenvalue weighted by atomic mass is 10.0. The number of rotatable bonds is 4. The molecule has 8 nitrogen and oxygen atoms in total. The third-order valence-corrected chi connectivity index (χ3v) is 4.91. The topological polar surface area (TPSA) is 114 Å². The predicted molar refractivity (Wildman–Crippen MR) is 102 cm³/mol. The van der Waals surface area contributed by atoms with Gasteiger partial charge < -0.3 is 20.3 Å². The number of carbonyl (C=O) groups is 1. The normalized spacial score (nSPS) is 15.2. The maximum Gasteiger partial charge on any atom is 0.268 e. The van der Waals surface area contributed by atoms with Gasteiger partial charge in [0, 0.05) is 25.2 Å². The molecule has 1 atom stereocenters. The molecule has 3 N–H and O–H groups in total. The molecule has 150 valence electrons. The summed E-state index contributed by atoms with van der Waals surface area (Å²) in [5, 5.41) is 22.5. The monoisotopic (exact) mass is 399 g/mol. The molecule has 1 amide bonds. The van der Waals surface area contributed by atoms with E-state index in [2.05, 4.69) is 10.3 Å². The van der Waals surface area contributed by atoms with Gasteiger partial charge in [0.15, 0.2) is 11.5 Å². The molecular weight excluding hydrogens is 381 g/mol. The number of aliphatic hydroxyl groups excluding tert-OH is 1. The highest BCUT2D eigenvalue weighted by Crippen LogP contribution is 2.37. The molecule has 2 aromatic heterocycles. The molecule has 0 bridgehead atoms. The second-order valence-electron chi connectivity index (χ2n) is 6.75. The maximum absolute atomic E-state index is 13.2. The standard InChI is InChI=1S/C20H18FN3O5/c1-22-19(27)14-17(26)15-16-18(29-13(9-25)8-24(16)20(14)28)11(7-23-15)6-10-2-4-12(21)5-3-10/h2-5,7,13,25-26H,6,8-9H2,1H3,(H,22,27). The molecule has 0 radical (unpaired) electrons. The van der Waals surface area contributed by atoms with Gasteiger partial charge in [-0.05, 0) is 17.7 Å². The lowest BCUT2D eigenvalue weighted by Gasteiger charge is -2.28. The number of aromatic hydroxyl groups is 1. The van der Waals surface area contributed by atoms with E-state index in [0.29, 0.717) is 17.7 Å². The zero-order valence-corrected chi connectivity index (χ0v) is 15.5. The van der Waals surface area contributed by atoms with E-state index in [1.165, 1.54) is 29.9 Å². The molecule has 0 saturated carbocycles. The minimum absolute atomic E-state index is 0.00475. The smallest absolute Gasteiger partial charge is 0.268 e. The van der Waals surface area contributed by atoms with Crippen molar-refractivity contribution >= 4 is 16.9 Å². The molecule has 29 heavy (non-hydrogen) atoms. The molecule has 1 aliphatic rings. The number of aromatic nitrogens is 2. The van der Waals surface area contributed by atoms with E-state index in [1.54, 1.807) is 12.1 Å². The van der Waals surface area contributed by atoms with Crippen molar-refractivity contribution in [1.29, 1.82) is 0 Å². The van der Waals surface area contributed by atoms with E-state index in [1.807, 2.05) is 0 Å². The van der Waals surface area contributed by atoms with Gasteiger partial charge in [0.1, 0.15) is 28.5 Å². The number of nitrogens with one attached hydrogen (secondary N) is 1. The average Bonchev–Trinajstić information content (AvgIpc) is 2.73. The first-order valence-electron chi connectivity index (χ1n) is 8.96. The van der Waals surface area contributed by atoms with Crippen LogP contribution in [0.15, 0.2) is 35.3 Å². The molecule has 0 spiro atoms. The van der Waals surface area contributed by atoms with Crippen LogP contribution in [0.1, 0.15) is 21.5 Å². The lowest BCUT2D eigenvalue weighted by molar-refractivity contribution is 0.0917. The first-order valence-corrected chi connectivity index (χ1v) is 8.96. The Hall–Kier alpha value is -3.46.